The van der Waals surface area contributed by atoms with Crippen molar-refractivity contribution in [3.05, 3.63) is 0 Å². The van der Waals surface area contributed by atoms with E-state index in [-0.39, 0.29) is 0 Å². The first-order valence-corrected chi connectivity index (χ1v) is 4.87. The molecule has 0 radical (unpaired) electrons. The normalized spacial score (nSPS) is 12.5. The summed E-state index contributed by atoms with van der Waals surface area (Å²) in [5, 5.41) is 2.44. The molecule has 0 aliphatic rings. The average Bonchev–Trinajstić information content (AvgIpc) is 1.83. The average molecular weight is 249 g/mol. The van der Waals surface area contributed by atoms with Gasteiger partial charge in [-0.3, -0.25) is 0 Å². The van der Waals surface area contributed by atoms with E-state index in [0.717, 1.165) is 0 Å². The van der Waals surface area contributed by atoms with Gasteiger partial charge in [0.2, 0.25) is 3.79 Å². The van der Waals surface area contributed by atoms with E-state index in [4.69, 9.17) is 39.5 Å². The van der Waals surface area contributed by atoms with Crippen molar-refractivity contribution in [1.29, 1.82) is 0 Å². The third-order valence-corrected chi connectivity index (χ3v) is 2.72. The maximum Gasteiger partial charge on any atom is 0.407 e. The minimum absolute atomic E-state index is 0.467. The van der Waals surface area contributed by atoms with Crippen LogP contribution < -0.4 is 5.32 Å². The Hall–Kier alpha value is 0.140. The number of alkyl halides is 3. The largest absolute Gasteiger partial charge is 0.439 e. The maximum absolute atomic E-state index is 11.0. The second-order valence-electron chi connectivity index (χ2n) is 2.93. The van der Waals surface area contributed by atoms with Crippen molar-refractivity contribution in [3.63, 3.8) is 0 Å². The summed E-state index contributed by atoms with van der Waals surface area (Å²) in [4.78, 5) is 11.0. The first kappa shape index (κ1) is 13.1. The van der Waals surface area contributed by atoms with Crippen molar-refractivity contribution in [2.75, 3.05) is 6.54 Å². The standard InChI is InChI=1S/C7H12Cl3NO2/c1-4-11-5(12)13-6(2,3)7(8,9)10/h4H2,1-3H3,(H,11,12). The van der Waals surface area contributed by atoms with E-state index in [1.165, 1.54) is 13.8 Å². The van der Waals surface area contributed by atoms with Gasteiger partial charge in [0.25, 0.3) is 0 Å². The van der Waals surface area contributed by atoms with Crippen molar-refractivity contribution >= 4 is 40.9 Å². The molecule has 6 heteroatoms. The Balaban J connectivity index is 4.26. The molecule has 0 unspecified atom stereocenters. The highest BCUT2D eigenvalue weighted by Gasteiger charge is 2.44. The molecule has 0 saturated carbocycles. The predicted octanol–water partition coefficient (Wildman–Crippen LogP) is 2.88. The van der Waals surface area contributed by atoms with Gasteiger partial charge in [0.05, 0.1) is 0 Å². The van der Waals surface area contributed by atoms with E-state index >= 15 is 0 Å². The van der Waals surface area contributed by atoms with Gasteiger partial charge in [-0.25, -0.2) is 4.79 Å². The molecular weight excluding hydrogens is 236 g/mol. The van der Waals surface area contributed by atoms with Crippen LogP contribution in [0.3, 0.4) is 0 Å². The van der Waals surface area contributed by atoms with E-state index in [0.29, 0.717) is 6.54 Å². The zero-order chi connectivity index (χ0) is 10.7. The molecule has 0 aromatic rings. The van der Waals surface area contributed by atoms with Gasteiger partial charge in [0.15, 0.2) is 5.60 Å². The lowest BCUT2D eigenvalue weighted by Gasteiger charge is -2.31. The summed E-state index contributed by atoms with van der Waals surface area (Å²) in [6.45, 7) is 5.28. The molecule has 0 spiro atoms. The predicted molar refractivity (Wildman–Crippen MR) is 54.5 cm³/mol. The van der Waals surface area contributed by atoms with Crippen LogP contribution in [0.5, 0.6) is 0 Å². The molecule has 0 aromatic carbocycles. The number of halogens is 3. The third kappa shape index (κ3) is 4.25. The van der Waals surface area contributed by atoms with Gasteiger partial charge in [-0.2, -0.15) is 0 Å². The van der Waals surface area contributed by atoms with Crippen LogP contribution in [0.25, 0.3) is 0 Å². The summed E-state index contributed by atoms with van der Waals surface area (Å²) >= 11 is 16.8. The van der Waals surface area contributed by atoms with E-state index in [9.17, 15) is 4.79 Å². The van der Waals surface area contributed by atoms with Gasteiger partial charge in [-0.05, 0) is 20.8 Å². The molecule has 3 nitrogen and oxygen atoms in total. The molecule has 0 fully saturated rings. The Morgan fingerprint density at radius 2 is 1.85 bits per heavy atom. The second-order valence-corrected chi connectivity index (χ2v) is 5.21. The molecule has 0 aromatic heterocycles. The molecule has 78 valence electrons. The zero-order valence-electron chi connectivity index (χ0n) is 7.66. The lowest BCUT2D eigenvalue weighted by molar-refractivity contribution is 0.0420. The second kappa shape index (κ2) is 4.58. The van der Waals surface area contributed by atoms with Crippen LogP contribution in [-0.2, 0) is 4.74 Å². The highest BCUT2D eigenvalue weighted by molar-refractivity contribution is 6.68. The van der Waals surface area contributed by atoms with Gasteiger partial charge in [0, 0.05) is 6.54 Å². The molecular formula is C7H12Cl3NO2. The van der Waals surface area contributed by atoms with Crippen LogP contribution >= 0.6 is 34.8 Å². The molecule has 0 atom stereocenters. The highest BCUT2D eigenvalue weighted by atomic mass is 35.6. The van der Waals surface area contributed by atoms with Crippen LogP contribution in [0.15, 0.2) is 0 Å². The van der Waals surface area contributed by atoms with Gasteiger partial charge in [-0.1, -0.05) is 34.8 Å². The van der Waals surface area contributed by atoms with Gasteiger partial charge >= 0.3 is 6.09 Å². The molecule has 0 aliphatic heterocycles. The fraction of sp³-hybridized carbons (Fsp3) is 0.857. The number of carbonyl (C=O) groups excluding carboxylic acids is 1. The topological polar surface area (TPSA) is 38.3 Å². The molecule has 1 amide bonds. The zero-order valence-corrected chi connectivity index (χ0v) is 9.93. The Kier molecular flexibility index (Phi) is 4.63. The number of hydrogen-bond donors (Lipinski definition) is 1. The van der Waals surface area contributed by atoms with Crippen LogP contribution in [0.4, 0.5) is 4.79 Å². The van der Waals surface area contributed by atoms with E-state index in [1.54, 1.807) is 6.92 Å². The smallest absolute Gasteiger partial charge is 0.407 e. The molecule has 0 heterocycles. The summed E-state index contributed by atoms with van der Waals surface area (Å²) in [7, 11) is 0. The maximum atomic E-state index is 11.0. The summed E-state index contributed by atoms with van der Waals surface area (Å²) in [6.07, 6.45) is -0.598. The van der Waals surface area contributed by atoms with E-state index in [2.05, 4.69) is 5.32 Å². The Morgan fingerprint density at radius 1 is 1.38 bits per heavy atom. The summed E-state index contributed by atoms with van der Waals surface area (Å²) in [5.41, 5.74) is -1.16. The number of rotatable bonds is 2. The van der Waals surface area contributed by atoms with Crippen LogP contribution in [0.1, 0.15) is 20.8 Å². The molecule has 1 N–H and O–H groups in total. The van der Waals surface area contributed by atoms with Crippen molar-refractivity contribution in [1.82, 2.24) is 5.32 Å². The first-order valence-electron chi connectivity index (χ1n) is 3.74. The SMILES string of the molecule is CCNC(=O)OC(C)(C)C(Cl)(Cl)Cl. The number of carbonyl (C=O) groups is 1. The van der Waals surface area contributed by atoms with Crippen molar-refractivity contribution in [2.24, 2.45) is 0 Å². The van der Waals surface area contributed by atoms with Crippen LogP contribution in [0, 0.1) is 0 Å². The van der Waals surface area contributed by atoms with Crippen LogP contribution in [0.2, 0.25) is 0 Å². The molecule has 0 rings (SSSR count). The number of ether oxygens (including phenoxy) is 1. The van der Waals surface area contributed by atoms with Gasteiger partial charge < -0.3 is 10.1 Å². The number of alkyl carbamates (subject to hydrolysis) is 1. The monoisotopic (exact) mass is 247 g/mol. The Labute approximate surface area is 92.7 Å². The Bertz CT molecular complexity index is 189. The Morgan fingerprint density at radius 3 is 2.15 bits per heavy atom. The fourth-order valence-electron chi connectivity index (χ4n) is 0.470. The van der Waals surface area contributed by atoms with E-state index in [1.807, 2.05) is 0 Å². The summed E-state index contributed by atoms with van der Waals surface area (Å²) < 4.78 is 3.26. The fourth-order valence-corrected chi connectivity index (χ4v) is 0.586. The minimum atomic E-state index is -1.64. The van der Waals surface area contributed by atoms with E-state index < -0.39 is 15.5 Å². The van der Waals surface area contributed by atoms with Gasteiger partial charge in [-0.15, -0.1) is 0 Å². The quantitative estimate of drug-likeness (QED) is 0.763. The number of hydrogen-bond acceptors (Lipinski definition) is 2. The van der Waals surface area contributed by atoms with Crippen molar-refractivity contribution in [3.8, 4) is 0 Å². The molecule has 0 aliphatic carbocycles. The first-order chi connectivity index (χ1) is 5.70. The van der Waals surface area contributed by atoms with Crippen molar-refractivity contribution < 1.29 is 9.53 Å². The van der Waals surface area contributed by atoms with Gasteiger partial charge in [0.1, 0.15) is 0 Å². The molecule has 0 saturated heterocycles. The van der Waals surface area contributed by atoms with Crippen molar-refractivity contribution in [2.45, 2.75) is 30.2 Å². The number of nitrogens with one attached hydrogen (secondary N) is 1. The number of amides is 1. The molecule has 13 heavy (non-hydrogen) atoms. The summed E-state index contributed by atoms with van der Waals surface area (Å²) in [5.74, 6) is 0. The third-order valence-electron chi connectivity index (χ3n) is 1.35. The lowest BCUT2D eigenvalue weighted by atomic mass is 10.2. The molecule has 0 bridgehead atoms. The minimum Gasteiger partial charge on any atom is -0.439 e. The summed E-state index contributed by atoms with van der Waals surface area (Å²) in [6, 6.07) is 0. The lowest BCUT2D eigenvalue weighted by Crippen LogP contribution is -2.44. The van der Waals surface area contributed by atoms with Crippen LogP contribution in [-0.4, -0.2) is 22.0 Å². The highest BCUT2D eigenvalue weighted by Crippen LogP contribution is 2.40.